The van der Waals surface area contributed by atoms with E-state index >= 15 is 0 Å². The van der Waals surface area contributed by atoms with E-state index in [2.05, 4.69) is 130 Å². The lowest BCUT2D eigenvalue weighted by Crippen LogP contribution is -2.30. The molecule has 0 N–H and O–H groups in total. The number of carbonyl (C=O) groups is 3. The first-order chi connectivity index (χ1) is 35.0. The minimum absolute atomic E-state index is 0.0846. The molecule has 0 aliphatic rings. The van der Waals surface area contributed by atoms with E-state index in [4.69, 9.17) is 14.2 Å². The maximum absolute atomic E-state index is 12.8. The highest BCUT2D eigenvalue weighted by Gasteiger charge is 2.19. The molecule has 0 bridgehead atoms. The van der Waals surface area contributed by atoms with E-state index in [-0.39, 0.29) is 31.1 Å². The Morgan fingerprint density at radius 1 is 0.296 bits per heavy atom. The van der Waals surface area contributed by atoms with Crippen molar-refractivity contribution in [3.63, 3.8) is 0 Å². The van der Waals surface area contributed by atoms with Crippen LogP contribution in [-0.4, -0.2) is 37.2 Å². The minimum Gasteiger partial charge on any atom is -0.462 e. The van der Waals surface area contributed by atoms with Crippen molar-refractivity contribution in [2.75, 3.05) is 13.2 Å². The molecule has 71 heavy (non-hydrogen) atoms. The topological polar surface area (TPSA) is 78.9 Å². The SMILES string of the molecule is CC/C=C\C/C=C\C/C=C\C/C=C\C/C=C\CCCCCCCCCCCCCCCC(=O)OCC(COC(=O)CCCCCCC)OC(=O)CCCCCCCC/C=C\C/C=C\C/C=C\C/C=C\CC. The summed E-state index contributed by atoms with van der Waals surface area (Å²) in [5.41, 5.74) is 0. The normalized spacial score (nSPS) is 12.9. The summed E-state index contributed by atoms with van der Waals surface area (Å²) in [6, 6.07) is 0. The summed E-state index contributed by atoms with van der Waals surface area (Å²) in [5, 5.41) is 0. The van der Waals surface area contributed by atoms with Gasteiger partial charge in [-0.15, -0.1) is 0 Å². The molecule has 0 heterocycles. The standard InChI is InChI=1S/C65H108O6/c1-4-7-10-13-15-17-19-21-23-25-27-28-29-30-31-32-33-34-35-36-38-39-41-43-45-47-49-52-55-58-64(67)70-61-62(60-69-63(66)57-54-51-12-9-6-3)71-65(68)59-56-53-50-48-46-44-42-40-37-26-24-22-20-18-16-14-11-8-5-2/h7-8,10-11,15-18,21-24,27-28,30-31,37,40,62H,4-6,9,12-14,19-20,25-26,29,32-36,38-39,41-61H2,1-3H3/b10-7-,11-8-,17-15-,18-16-,23-21-,24-22-,28-27-,31-30-,40-37-. The van der Waals surface area contributed by atoms with E-state index in [1.165, 1.54) is 89.9 Å². The molecule has 0 radical (unpaired) electrons. The van der Waals surface area contributed by atoms with E-state index in [0.29, 0.717) is 19.3 Å². The van der Waals surface area contributed by atoms with Crippen LogP contribution in [0, 0.1) is 0 Å². The van der Waals surface area contributed by atoms with Crippen molar-refractivity contribution in [2.24, 2.45) is 0 Å². The largest absolute Gasteiger partial charge is 0.462 e. The molecule has 0 aromatic rings. The molecule has 0 rings (SSSR count). The van der Waals surface area contributed by atoms with Crippen LogP contribution in [0.15, 0.2) is 109 Å². The maximum Gasteiger partial charge on any atom is 0.306 e. The third-order valence-electron chi connectivity index (χ3n) is 12.3. The Morgan fingerprint density at radius 2 is 0.549 bits per heavy atom. The highest BCUT2D eigenvalue weighted by atomic mass is 16.6. The number of hydrogen-bond acceptors (Lipinski definition) is 6. The predicted molar refractivity (Wildman–Crippen MR) is 307 cm³/mol. The second-order valence-electron chi connectivity index (χ2n) is 19.1. The molecule has 0 aromatic carbocycles. The van der Waals surface area contributed by atoms with E-state index < -0.39 is 6.10 Å². The molecule has 404 valence electrons. The summed E-state index contributed by atoms with van der Waals surface area (Å²) in [5.74, 6) is -0.912. The zero-order valence-electron chi connectivity index (χ0n) is 46.2. The van der Waals surface area contributed by atoms with Gasteiger partial charge in [-0.05, 0) is 103 Å². The first-order valence-corrected chi connectivity index (χ1v) is 29.4. The van der Waals surface area contributed by atoms with Gasteiger partial charge in [0.15, 0.2) is 6.10 Å². The van der Waals surface area contributed by atoms with Gasteiger partial charge < -0.3 is 14.2 Å². The van der Waals surface area contributed by atoms with Gasteiger partial charge in [-0.3, -0.25) is 14.4 Å². The van der Waals surface area contributed by atoms with Crippen LogP contribution < -0.4 is 0 Å². The lowest BCUT2D eigenvalue weighted by molar-refractivity contribution is -0.167. The Morgan fingerprint density at radius 3 is 0.859 bits per heavy atom. The summed E-state index contributed by atoms with van der Waals surface area (Å²) in [7, 11) is 0. The van der Waals surface area contributed by atoms with E-state index in [9.17, 15) is 14.4 Å². The Labute approximate surface area is 438 Å². The monoisotopic (exact) mass is 985 g/mol. The molecule has 0 aliphatic heterocycles. The summed E-state index contributed by atoms with van der Waals surface area (Å²) in [4.78, 5) is 37.8. The molecule has 6 heteroatoms. The van der Waals surface area contributed by atoms with Crippen LogP contribution in [-0.2, 0) is 28.6 Å². The number of ether oxygens (including phenoxy) is 3. The molecule has 1 unspecified atom stereocenters. The second kappa shape index (κ2) is 58.6. The number of rotatable bonds is 52. The Balaban J connectivity index is 4.08. The zero-order valence-corrected chi connectivity index (χ0v) is 46.2. The fourth-order valence-corrected chi connectivity index (χ4v) is 7.93. The minimum atomic E-state index is -0.783. The highest BCUT2D eigenvalue weighted by molar-refractivity contribution is 5.71. The van der Waals surface area contributed by atoms with Crippen molar-refractivity contribution < 1.29 is 28.6 Å². The molecular weight excluding hydrogens is 877 g/mol. The smallest absolute Gasteiger partial charge is 0.306 e. The third kappa shape index (κ3) is 56.9. The van der Waals surface area contributed by atoms with Crippen LogP contribution in [0.1, 0.15) is 265 Å². The summed E-state index contributed by atoms with van der Waals surface area (Å²) >= 11 is 0. The average molecular weight is 986 g/mol. The lowest BCUT2D eigenvalue weighted by Gasteiger charge is -2.18. The Bertz CT molecular complexity index is 1460. The molecule has 0 aliphatic carbocycles. The Kier molecular flexibility index (Phi) is 55.4. The van der Waals surface area contributed by atoms with E-state index in [1.54, 1.807) is 0 Å². The molecule has 0 aromatic heterocycles. The maximum atomic E-state index is 12.8. The van der Waals surface area contributed by atoms with Crippen LogP contribution in [0.5, 0.6) is 0 Å². The summed E-state index contributed by atoms with van der Waals surface area (Å²) < 4.78 is 16.7. The zero-order chi connectivity index (χ0) is 51.4. The van der Waals surface area contributed by atoms with Crippen LogP contribution in [0.25, 0.3) is 0 Å². The quantitative estimate of drug-likeness (QED) is 0.0261. The van der Waals surface area contributed by atoms with Gasteiger partial charge in [-0.2, -0.15) is 0 Å². The van der Waals surface area contributed by atoms with E-state index in [1.807, 2.05) is 0 Å². The van der Waals surface area contributed by atoms with E-state index in [0.717, 1.165) is 135 Å². The molecule has 0 saturated heterocycles. The fourth-order valence-electron chi connectivity index (χ4n) is 7.93. The fraction of sp³-hybridized carbons (Fsp3) is 0.677. The van der Waals surface area contributed by atoms with Gasteiger partial charge in [0, 0.05) is 19.3 Å². The molecule has 1 atom stereocenters. The van der Waals surface area contributed by atoms with Crippen LogP contribution in [0.3, 0.4) is 0 Å². The predicted octanol–water partition coefficient (Wildman–Crippen LogP) is 19.9. The van der Waals surface area contributed by atoms with Gasteiger partial charge in [0.1, 0.15) is 13.2 Å². The number of carbonyl (C=O) groups excluding carboxylic acids is 3. The van der Waals surface area contributed by atoms with Crippen LogP contribution in [0.4, 0.5) is 0 Å². The average Bonchev–Trinajstić information content (AvgIpc) is 3.37. The third-order valence-corrected chi connectivity index (χ3v) is 12.3. The molecule has 6 nitrogen and oxygen atoms in total. The van der Waals surface area contributed by atoms with Crippen molar-refractivity contribution >= 4 is 17.9 Å². The van der Waals surface area contributed by atoms with Gasteiger partial charge in [0.25, 0.3) is 0 Å². The Hall–Kier alpha value is -3.93. The van der Waals surface area contributed by atoms with Gasteiger partial charge in [0.05, 0.1) is 0 Å². The number of unbranched alkanes of at least 4 members (excludes halogenated alkanes) is 23. The molecule has 0 amide bonds. The first kappa shape index (κ1) is 67.1. The van der Waals surface area contributed by atoms with Crippen molar-refractivity contribution in [3.05, 3.63) is 109 Å². The van der Waals surface area contributed by atoms with Crippen molar-refractivity contribution in [3.8, 4) is 0 Å². The molecule has 0 fully saturated rings. The number of allylic oxidation sites excluding steroid dienone is 18. The van der Waals surface area contributed by atoms with Crippen molar-refractivity contribution in [2.45, 2.75) is 271 Å². The van der Waals surface area contributed by atoms with Gasteiger partial charge in [-0.1, -0.05) is 252 Å². The molecule has 0 saturated carbocycles. The second-order valence-corrected chi connectivity index (χ2v) is 19.1. The lowest BCUT2D eigenvalue weighted by atomic mass is 10.0. The molecule has 0 spiro atoms. The highest BCUT2D eigenvalue weighted by Crippen LogP contribution is 2.15. The number of esters is 3. The van der Waals surface area contributed by atoms with Gasteiger partial charge in [0.2, 0.25) is 0 Å². The van der Waals surface area contributed by atoms with Crippen LogP contribution >= 0.6 is 0 Å². The van der Waals surface area contributed by atoms with Gasteiger partial charge >= 0.3 is 17.9 Å². The summed E-state index contributed by atoms with van der Waals surface area (Å²) in [6.07, 6.45) is 79.9. The molecular formula is C65H108O6. The van der Waals surface area contributed by atoms with Crippen molar-refractivity contribution in [1.82, 2.24) is 0 Å². The summed E-state index contributed by atoms with van der Waals surface area (Å²) in [6.45, 7) is 6.32. The number of hydrogen-bond donors (Lipinski definition) is 0. The van der Waals surface area contributed by atoms with Crippen LogP contribution in [0.2, 0.25) is 0 Å². The van der Waals surface area contributed by atoms with Gasteiger partial charge in [-0.25, -0.2) is 0 Å². The first-order valence-electron chi connectivity index (χ1n) is 29.4. The van der Waals surface area contributed by atoms with Crippen molar-refractivity contribution in [1.29, 1.82) is 0 Å².